The molecule has 0 aromatic heterocycles. The molecule has 2 aromatic carbocycles. The number of methoxy groups -OCH3 is 1. The Morgan fingerprint density at radius 1 is 1.17 bits per heavy atom. The molecule has 160 valence electrons. The molecule has 8 heteroatoms. The van der Waals surface area contributed by atoms with Gasteiger partial charge in [0.1, 0.15) is 4.99 Å². The fourth-order valence-corrected chi connectivity index (χ4v) is 4.37. The second-order valence-electron chi connectivity index (χ2n) is 7.11. The molecule has 1 aliphatic rings. The van der Waals surface area contributed by atoms with E-state index in [2.05, 4.69) is 38.9 Å². The molecule has 0 saturated carbocycles. The van der Waals surface area contributed by atoms with Crippen LogP contribution in [0.3, 0.4) is 0 Å². The molecule has 0 aliphatic carbocycles. The molecule has 0 unspecified atom stereocenters. The second kappa shape index (κ2) is 10.4. The van der Waals surface area contributed by atoms with Crippen LogP contribution in [0.15, 0.2) is 30.3 Å². The SMILES string of the molecule is COc1cc(C(=S)N2CCOCC2)cc(I)c1OCC(=O)Nc1cc(C)cc(C)c1. The van der Waals surface area contributed by atoms with E-state index >= 15 is 0 Å². The zero-order valence-corrected chi connectivity index (χ0v) is 20.3. The highest BCUT2D eigenvalue weighted by Crippen LogP contribution is 2.34. The first-order valence-corrected chi connectivity index (χ1v) is 11.1. The van der Waals surface area contributed by atoms with Crippen LogP contribution in [0.4, 0.5) is 5.69 Å². The monoisotopic (exact) mass is 540 g/mol. The molecular formula is C22H25IN2O4S. The summed E-state index contributed by atoms with van der Waals surface area (Å²) >= 11 is 7.84. The number of amides is 1. The maximum atomic E-state index is 12.4. The van der Waals surface area contributed by atoms with Gasteiger partial charge in [-0.15, -0.1) is 0 Å². The molecule has 6 nitrogen and oxygen atoms in total. The van der Waals surface area contributed by atoms with Gasteiger partial charge in [0.25, 0.3) is 5.91 Å². The number of anilines is 1. The lowest BCUT2D eigenvalue weighted by atomic mass is 10.1. The lowest BCUT2D eigenvalue weighted by molar-refractivity contribution is -0.118. The maximum Gasteiger partial charge on any atom is 0.262 e. The molecule has 0 spiro atoms. The zero-order valence-electron chi connectivity index (χ0n) is 17.3. The molecule has 0 atom stereocenters. The van der Waals surface area contributed by atoms with Crippen LogP contribution in [-0.4, -0.2) is 55.8 Å². The molecule has 1 heterocycles. The minimum Gasteiger partial charge on any atom is -0.493 e. The minimum absolute atomic E-state index is 0.118. The summed E-state index contributed by atoms with van der Waals surface area (Å²) in [6.07, 6.45) is 0. The van der Waals surface area contributed by atoms with Gasteiger partial charge in [0, 0.05) is 24.3 Å². The number of thiocarbonyl (C=S) groups is 1. The van der Waals surface area contributed by atoms with Gasteiger partial charge in [-0.3, -0.25) is 4.79 Å². The second-order valence-corrected chi connectivity index (χ2v) is 8.66. The van der Waals surface area contributed by atoms with Crippen molar-refractivity contribution in [2.75, 3.05) is 45.3 Å². The van der Waals surface area contributed by atoms with Crippen LogP contribution in [0.25, 0.3) is 0 Å². The molecular weight excluding hydrogens is 515 g/mol. The summed E-state index contributed by atoms with van der Waals surface area (Å²) in [4.78, 5) is 15.3. The van der Waals surface area contributed by atoms with Crippen LogP contribution in [0.5, 0.6) is 11.5 Å². The van der Waals surface area contributed by atoms with Gasteiger partial charge < -0.3 is 24.4 Å². The van der Waals surface area contributed by atoms with Crippen molar-refractivity contribution in [1.82, 2.24) is 4.90 Å². The van der Waals surface area contributed by atoms with Gasteiger partial charge in [-0.1, -0.05) is 18.3 Å². The standard InChI is InChI=1S/C22H25IN2O4S/c1-14-8-15(2)10-17(9-14)24-20(26)13-29-21-18(23)11-16(12-19(21)27-3)22(30)25-4-6-28-7-5-25/h8-12H,4-7,13H2,1-3H3,(H,24,26). The number of carbonyl (C=O) groups is 1. The van der Waals surface area contributed by atoms with Gasteiger partial charge in [-0.2, -0.15) is 0 Å². The van der Waals surface area contributed by atoms with E-state index in [-0.39, 0.29) is 12.5 Å². The number of hydrogen-bond donors (Lipinski definition) is 1. The Kier molecular flexibility index (Phi) is 7.90. The number of aryl methyl sites for hydroxylation is 2. The molecule has 1 saturated heterocycles. The fourth-order valence-electron chi connectivity index (χ4n) is 3.31. The van der Waals surface area contributed by atoms with Crippen molar-refractivity contribution < 1.29 is 19.0 Å². The third-order valence-corrected chi connectivity index (χ3v) is 5.92. The molecule has 2 aromatic rings. The summed E-state index contributed by atoms with van der Waals surface area (Å²) in [6, 6.07) is 9.73. The Morgan fingerprint density at radius 2 is 1.83 bits per heavy atom. The van der Waals surface area contributed by atoms with E-state index in [0.717, 1.165) is 44.0 Å². The van der Waals surface area contributed by atoms with E-state index in [1.807, 2.05) is 38.1 Å². The van der Waals surface area contributed by atoms with Crippen LogP contribution < -0.4 is 14.8 Å². The first kappa shape index (κ1) is 22.8. The summed E-state index contributed by atoms with van der Waals surface area (Å²) < 4.78 is 17.6. The average Bonchev–Trinajstić information content (AvgIpc) is 2.71. The average molecular weight is 540 g/mol. The number of benzene rings is 2. The van der Waals surface area contributed by atoms with Crippen molar-refractivity contribution >= 4 is 51.4 Å². The van der Waals surface area contributed by atoms with Gasteiger partial charge >= 0.3 is 0 Å². The molecule has 1 N–H and O–H groups in total. The van der Waals surface area contributed by atoms with Gasteiger partial charge in [-0.05, 0) is 71.8 Å². The van der Waals surface area contributed by atoms with Crippen LogP contribution in [-0.2, 0) is 9.53 Å². The molecule has 0 radical (unpaired) electrons. The van der Waals surface area contributed by atoms with Crippen molar-refractivity contribution in [3.63, 3.8) is 0 Å². The number of morpholine rings is 1. The van der Waals surface area contributed by atoms with Gasteiger partial charge in [0.15, 0.2) is 18.1 Å². The molecule has 30 heavy (non-hydrogen) atoms. The number of hydrogen-bond acceptors (Lipinski definition) is 5. The van der Waals surface area contributed by atoms with Crippen LogP contribution in [0.1, 0.15) is 16.7 Å². The predicted octanol–water partition coefficient (Wildman–Crippen LogP) is 3.94. The van der Waals surface area contributed by atoms with E-state index in [0.29, 0.717) is 24.7 Å². The van der Waals surface area contributed by atoms with E-state index in [1.165, 1.54) is 0 Å². The smallest absolute Gasteiger partial charge is 0.262 e. The Balaban J connectivity index is 1.69. The Hall–Kier alpha value is -1.91. The number of nitrogens with one attached hydrogen (secondary N) is 1. The first-order valence-electron chi connectivity index (χ1n) is 9.63. The van der Waals surface area contributed by atoms with Crippen LogP contribution in [0, 0.1) is 17.4 Å². The van der Waals surface area contributed by atoms with Crippen molar-refractivity contribution in [3.8, 4) is 11.5 Å². The Morgan fingerprint density at radius 3 is 2.47 bits per heavy atom. The number of rotatable bonds is 6. The lowest BCUT2D eigenvalue weighted by Crippen LogP contribution is -2.40. The highest BCUT2D eigenvalue weighted by molar-refractivity contribution is 14.1. The van der Waals surface area contributed by atoms with E-state index < -0.39 is 0 Å². The molecule has 3 rings (SSSR count). The largest absolute Gasteiger partial charge is 0.493 e. The van der Waals surface area contributed by atoms with Gasteiger partial charge in [-0.25, -0.2) is 0 Å². The normalized spacial score (nSPS) is 13.7. The predicted molar refractivity (Wildman–Crippen MR) is 130 cm³/mol. The molecule has 1 fully saturated rings. The summed E-state index contributed by atoms with van der Waals surface area (Å²) in [5.41, 5.74) is 3.83. The van der Waals surface area contributed by atoms with Gasteiger partial charge in [0.2, 0.25) is 0 Å². The Bertz CT molecular complexity index is 925. The van der Waals surface area contributed by atoms with Crippen molar-refractivity contribution in [2.24, 2.45) is 0 Å². The van der Waals surface area contributed by atoms with E-state index in [9.17, 15) is 4.79 Å². The molecule has 1 amide bonds. The van der Waals surface area contributed by atoms with Gasteiger partial charge in [0.05, 0.1) is 23.9 Å². The quantitative estimate of drug-likeness (QED) is 0.443. The minimum atomic E-state index is -0.231. The topological polar surface area (TPSA) is 60.0 Å². The van der Waals surface area contributed by atoms with Crippen LogP contribution in [0.2, 0.25) is 0 Å². The molecule has 0 bridgehead atoms. The van der Waals surface area contributed by atoms with Crippen molar-refractivity contribution in [2.45, 2.75) is 13.8 Å². The lowest BCUT2D eigenvalue weighted by Gasteiger charge is -2.29. The highest BCUT2D eigenvalue weighted by Gasteiger charge is 2.19. The fraction of sp³-hybridized carbons (Fsp3) is 0.364. The number of ether oxygens (including phenoxy) is 3. The Labute approximate surface area is 196 Å². The number of nitrogens with zero attached hydrogens (tertiary/aromatic N) is 1. The third kappa shape index (κ3) is 5.83. The summed E-state index contributed by atoms with van der Waals surface area (Å²) in [6.45, 7) is 6.76. The third-order valence-electron chi connectivity index (χ3n) is 4.63. The van der Waals surface area contributed by atoms with Crippen LogP contribution >= 0.6 is 34.8 Å². The highest BCUT2D eigenvalue weighted by atomic mass is 127. The number of carbonyl (C=O) groups excluding carboxylic acids is 1. The first-order chi connectivity index (χ1) is 14.4. The summed E-state index contributed by atoms with van der Waals surface area (Å²) in [7, 11) is 1.58. The van der Waals surface area contributed by atoms with Crippen molar-refractivity contribution in [1.29, 1.82) is 0 Å². The zero-order chi connectivity index (χ0) is 21.7. The summed E-state index contributed by atoms with van der Waals surface area (Å²) in [5.74, 6) is 0.847. The van der Waals surface area contributed by atoms with Crippen molar-refractivity contribution in [3.05, 3.63) is 50.6 Å². The maximum absolute atomic E-state index is 12.4. The van der Waals surface area contributed by atoms with E-state index in [4.69, 9.17) is 26.4 Å². The van der Waals surface area contributed by atoms with E-state index in [1.54, 1.807) is 7.11 Å². The molecule has 1 aliphatic heterocycles. The summed E-state index contributed by atoms with van der Waals surface area (Å²) in [5, 5.41) is 2.88. The number of halogens is 1.